The van der Waals surface area contributed by atoms with Crippen molar-refractivity contribution in [2.45, 2.75) is 18.9 Å². The number of ether oxygens (including phenoxy) is 1. The summed E-state index contributed by atoms with van der Waals surface area (Å²) in [6.07, 6.45) is 0. The monoisotopic (exact) mass is 366 g/mol. The Balaban J connectivity index is 2.24. The van der Waals surface area contributed by atoms with E-state index >= 15 is 0 Å². The highest BCUT2D eigenvalue weighted by Crippen LogP contribution is 2.36. The lowest BCUT2D eigenvalue weighted by atomic mass is 10.0. The van der Waals surface area contributed by atoms with Gasteiger partial charge in [-0.3, -0.25) is 4.79 Å². The van der Waals surface area contributed by atoms with Gasteiger partial charge in [-0.25, -0.2) is 0 Å². The van der Waals surface area contributed by atoms with Gasteiger partial charge in [0.15, 0.2) is 5.09 Å². The largest absolute Gasteiger partial charge is 0.497 e. The molecule has 0 unspecified atom stereocenters. The van der Waals surface area contributed by atoms with Crippen molar-refractivity contribution >= 4 is 11.8 Å². The van der Waals surface area contributed by atoms with Crippen molar-refractivity contribution in [3.05, 3.63) is 58.1 Å². The van der Waals surface area contributed by atoms with Gasteiger partial charge in [0.2, 0.25) is 0 Å². The number of rotatable bonds is 5. The molecule has 0 bridgehead atoms. The highest BCUT2D eigenvalue weighted by Gasteiger charge is 2.18. The Morgan fingerprint density at radius 2 is 2.08 bits per heavy atom. The molecule has 1 aromatic carbocycles. The number of methoxy groups -OCH3 is 1. The van der Waals surface area contributed by atoms with Crippen LogP contribution in [0.4, 0.5) is 0 Å². The van der Waals surface area contributed by atoms with Crippen molar-refractivity contribution in [2.24, 2.45) is 0 Å². The fraction of sp³-hybridized carbons (Fsp3) is 0.200. The van der Waals surface area contributed by atoms with Gasteiger partial charge in [-0.05, 0) is 36.9 Å². The Hall–Kier alpha value is -2.91. The Kier molecular flexibility index (Phi) is 5.19. The number of nitriles is 1. The van der Waals surface area contributed by atoms with E-state index in [9.17, 15) is 10.1 Å². The minimum atomic E-state index is -0.422. The number of thioether (sulfide) groups is 1. The Morgan fingerprint density at radius 3 is 2.77 bits per heavy atom. The summed E-state index contributed by atoms with van der Waals surface area (Å²) < 4.78 is 11.0. The van der Waals surface area contributed by atoms with Gasteiger partial charge in [-0.15, -0.1) is 0 Å². The molecule has 0 aliphatic heterocycles. The molecular weight excluding hydrogens is 348 g/mol. The van der Waals surface area contributed by atoms with Gasteiger partial charge in [0.25, 0.3) is 5.56 Å². The molecule has 1 N–H and O–H groups in total. The minimum absolute atomic E-state index is 0.0791. The lowest BCUT2D eigenvalue weighted by molar-refractivity contribution is 0.415. The van der Waals surface area contributed by atoms with Crippen molar-refractivity contribution in [2.75, 3.05) is 12.9 Å². The fourth-order valence-corrected chi connectivity index (χ4v) is 3.53. The molecule has 3 aromatic rings. The summed E-state index contributed by atoms with van der Waals surface area (Å²) in [6, 6.07) is 13.1. The van der Waals surface area contributed by atoms with E-state index < -0.39 is 5.56 Å². The zero-order chi connectivity index (χ0) is 18.7. The van der Waals surface area contributed by atoms with Crippen LogP contribution in [0.1, 0.15) is 18.2 Å². The molecule has 0 atom stereocenters. The molecule has 3 rings (SSSR count). The summed E-state index contributed by atoms with van der Waals surface area (Å²) in [7, 11) is 1.59. The van der Waals surface area contributed by atoms with E-state index in [0.717, 1.165) is 22.6 Å². The van der Waals surface area contributed by atoms with Crippen LogP contribution in [-0.2, 0) is 0 Å². The molecule has 5 nitrogen and oxygen atoms in total. The third-order valence-electron chi connectivity index (χ3n) is 3.91. The summed E-state index contributed by atoms with van der Waals surface area (Å²) in [5, 5.41) is 10.2. The van der Waals surface area contributed by atoms with E-state index in [4.69, 9.17) is 9.15 Å². The maximum atomic E-state index is 12.5. The maximum Gasteiger partial charge on any atom is 0.266 e. The summed E-state index contributed by atoms with van der Waals surface area (Å²) in [4.78, 5) is 15.3. The number of aryl methyl sites for hydroxylation is 1. The summed E-state index contributed by atoms with van der Waals surface area (Å²) in [5.74, 6) is 2.26. The van der Waals surface area contributed by atoms with Crippen LogP contribution < -0.4 is 10.3 Å². The second-order valence-corrected chi connectivity index (χ2v) is 6.87. The van der Waals surface area contributed by atoms with Crippen LogP contribution >= 0.6 is 11.8 Å². The number of benzene rings is 1. The molecule has 6 heteroatoms. The molecule has 0 aliphatic carbocycles. The van der Waals surface area contributed by atoms with Gasteiger partial charge < -0.3 is 14.1 Å². The smallest absolute Gasteiger partial charge is 0.266 e. The van der Waals surface area contributed by atoms with E-state index in [1.54, 1.807) is 18.9 Å². The molecule has 26 heavy (non-hydrogen) atoms. The minimum Gasteiger partial charge on any atom is -0.497 e. The number of aromatic amines is 1. The second kappa shape index (κ2) is 7.54. The van der Waals surface area contributed by atoms with E-state index in [2.05, 4.69) is 4.98 Å². The average molecular weight is 366 g/mol. The first-order valence-corrected chi connectivity index (χ1v) is 9.11. The number of hydrogen-bond acceptors (Lipinski definition) is 5. The normalized spacial score (nSPS) is 10.5. The van der Waals surface area contributed by atoms with Crippen molar-refractivity contribution in [1.82, 2.24) is 4.98 Å². The van der Waals surface area contributed by atoms with Crippen molar-refractivity contribution < 1.29 is 9.15 Å². The third-order valence-corrected chi connectivity index (χ3v) is 4.77. The molecule has 132 valence electrons. The standard InChI is InChI=1S/C20H18N2O3S/c1-4-26-20-16(8-12(2)25-20)15-10-18(22-19(23)17(15)11-21)13-6-5-7-14(9-13)24-3/h5-10H,4H2,1-3H3,(H,22,23). The summed E-state index contributed by atoms with van der Waals surface area (Å²) >= 11 is 1.54. The molecule has 0 fully saturated rings. The topological polar surface area (TPSA) is 79.0 Å². The molecule has 0 amide bonds. The Labute approximate surface area is 155 Å². The molecule has 0 spiro atoms. The number of H-pyrrole nitrogens is 1. The number of nitrogens with zero attached hydrogens (tertiary/aromatic N) is 1. The van der Waals surface area contributed by atoms with Crippen LogP contribution in [0.5, 0.6) is 5.75 Å². The number of furan rings is 1. The lowest BCUT2D eigenvalue weighted by Gasteiger charge is -2.09. The van der Waals surface area contributed by atoms with E-state index in [1.165, 1.54) is 0 Å². The highest BCUT2D eigenvalue weighted by atomic mass is 32.2. The molecule has 0 radical (unpaired) electrons. The SMILES string of the molecule is CCSc1oc(C)cc1-c1cc(-c2cccc(OC)c2)[nH]c(=O)c1C#N. The number of hydrogen-bond donors (Lipinski definition) is 1. The van der Waals surface area contributed by atoms with Crippen LogP contribution in [0, 0.1) is 18.3 Å². The molecule has 2 heterocycles. The van der Waals surface area contributed by atoms with Gasteiger partial charge in [0.1, 0.15) is 23.1 Å². The van der Waals surface area contributed by atoms with Crippen LogP contribution in [0.15, 0.2) is 50.7 Å². The van der Waals surface area contributed by atoms with Crippen molar-refractivity contribution in [3.8, 4) is 34.2 Å². The van der Waals surface area contributed by atoms with Gasteiger partial charge in [-0.1, -0.05) is 30.8 Å². The summed E-state index contributed by atoms with van der Waals surface area (Å²) in [6.45, 7) is 3.88. The van der Waals surface area contributed by atoms with Crippen LogP contribution in [-0.4, -0.2) is 17.8 Å². The third kappa shape index (κ3) is 3.39. The molecule has 0 aliphatic rings. The molecule has 0 saturated carbocycles. The first-order valence-electron chi connectivity index (χ1n) is 8.12. The van der Waals surface area contributed by atoms with Crippen molar-refractivity contribution in [1.29, 1.82) is 5.26 Å². The van der Waals surface area contributed by atoms with Crippen LogP contribution in [0.25, 0.3) is 22.4 Å². The Bertz CT molecular complexity index is 1040. The predicted octanol–water partition coefficient (Wildman–Crippen LogP) is 4.60. The van der Waals surface area contributed by atoms with Gasteiger partial charge in [0, 0.05) is 22.4 Å². The average Bonchev–Trinajstić information content (AvgIpc) is 3.01. The number of pyridine rings is 1. The quantitative estimate of drug-likeness (QED) is 0.668. The van der Waals surface area contributed by atoms with Gasteiger partial charge in [0.05, 0.1) is 7.11 Å². The molecular formula is C20H18N2O3S. The molecule has 2 aromatic heterocycles. The van der Waals surface area contributed by atoms with E-state index in [-0.39, 0.29) is 5.56 Å². The molecule has 0 saturated heterocycles. The highest BCUT2D eigenvalue weighted by molar-refractivity contribution is 7.99. The Morgan fingerprint density at radius 1 is 1.27 bits per heavy atom. The maximum absolute atomic E-state index is 12.5. The predicted molar refractivity (Wildman–Crippen MR) is 103 cm³/mol. The van der Waals surface area contributed by atoms with Crippen molar-refractivity contribution in [3.63, 3.8) is 0 Å². The van der Waals surface area contributed by atoms with E-state index in [1.807, 2.05) is 56.3 Å². The van der Waals surface area contributed by atoms with Gasteiger partial charge >= 0.3 is 0 Å². The van der Waals surface area contributed by atoms with Crippen LogP contribution in [0.3, 0.4) is 0 Å². The zero-order valence-electron chi connectivity index (χ0n) is 14.8. The van der Waals surface area contributed by atoms with Crippen LogP contribution in [0.2, 0.25) is 0 Å². The number of aromatic nitrogens is 1. The lowest BCUT2D eigenvalue weighted by Crippen LogP contribution is -2.12. The number of nitrogens with one attached hydrogen (secondary N) is 1. The second-order valence-electron chi connectivity index (χ2n) is 5.64. The van der Waals surface area contributed by atoms with Gasteiger partial charge in [-0.2, -0.15) is 5.26 Å². The fourth-order valence-electron chi connectivity index (χ4n) is 2.75. The zero-order valence-corrected chi connectivity index (χ0v) is 15.6. The first-order chi connectivity index (χ1) is 12.6. The summed E-state index contributed by atoms with van der Waals surface area (Å²) in [5.41, 5.74) is 2.42. The first kappa shape index (κ1) is 17.9. The van der Waals surface area contributed by atoms with E-state index in [0.29, 0.717) is 22.1 Å².